The third-order valence-corrected chi connectivity index (χ3v) is 4.04. The highest BCUT2D eigenvalue weighted by Crippen LogP contribution is 2.50. The van der Waals surface area contributed by atoms with Gasteiger partial charge in [-0.1, -0.05) is 6.07 Å². The molecule has 0 fully saturated rings. The summed E-state index contributed by atoms with van der Waals surface area (Å²) >= 11 is 0. The maximum Gasteiger partial charge on any atom is 0.297 e. The Hall–Kier alpha value is -3.75. The SMILES string of the molecule is COc1oc2c(OC)c(O)c(O)c(O)c2c(=O)c1-c1cccc(O)c1OC. The summed E-state index contributed by atoms with van der Waals surface area (Å²) in [5, 5.41) is 39.6. The molecule has 0 spiro atoms. The van der Waals surface area contributed by atoms with Crippen LogP contribution in [0.5, 0.6) is 40.4 Å². The molecule has 1 aromatic heterocycles. The Morgan fingerprint density at radius 3 is 2.11 bits per heavy atom. The molecule has 3 aromatic rings. The summed E-state index contributed by atoms with van der Waals surface area (Å²) in [5.74, 6) is -3.51. The van der Waals surface area contributed by atoms with Gasteiger partial charge in [0.1, 0.15) is 10.9 Å². The normalized spacial score (nSPS) is 10.8. The third-order valence-electron chi connectivity index (χ3n) is 4.04. The lowest BCUT2D eigenvalue weighted by Crippen LogP contribution is -2.09. The van der Waals surface area contributed by atoms with Gasteiger partial charge < -0.3 is 39.1 Å². The molecule has 0 aliphatic carbocycles. The van der Waals surface area contributed by atoms with Crippen LogP contribution in [-0.4, -0.2) is 41.8 Å². The number of aromatic hydroxyl groups is 4. The van der Waals surface area contributed by atoms with E-state index in [1.807, 2.05) is 0 Å². The van der Waals surface area contributed by atoms with Gasteiger partial charge in [0.2, 0.25) is 22.7 Å². The van der Waals surface area contributed by atoms with Crippen molar-refractivity contribution < 1.29 is 39.1 Å². The minimum atomic E-state index is -0.939. The van der Waals surface area contributed by atoms with Gasteiger partial charge in [-0.05, 0) is 12.1 Å². The zero-order valence-corrected chi connectivity index (χ0v) is 14.6. The lowest BCUT2D eigenvalue weighted by atomic mass is 10.0. The largest absolute Gasteiger partial charge is 0.504 e. The molecule has 0 amide bonds. The fourth-order valence-corrected chi connectivity index (χ4v) is 2.84. The van der Waals surface area contributed by atoms with Crippen LogP contribution in [0.2, 0.25) is 0 Å². The predicted molar refractivity (Wildman–Crippen MR) is 94.2 cm³/mol. The molecule has 2 aromatic carbocycles. The molecule has 0 unspecified atom stereocenters. The molecule has 0 saturated heterocycles. The second-order valence-corrected chi connectivity index (χ2v) is 5.44. The zero-order valence-electron chi connectivity index (χ0n) is 14.6. The molecule has 0 saturated carbocycles. The minimum absolute atomic E-state index is 0.0168. The van der Waals surface area contributed by atoms with Crippen LogP contribution in [0.3, 0.4) is 0 Å². The van der Waals surface area contributed by atoms with Gasteiger partial charge in [0.05, 0.1) is 21.3 Å². The number of para-hydroxylation sites is 1. The molecular weight excluding hydrogens is 360 g/mol. The van der Waals surface area contributed by atoms with Crippen LogP contribution in [0.15, 0.2) is 27.4 Å². The number of methoxy groups -OCH3 is 3. The van der Waals surface area contributed by atoms with Gasteiger partial charge in [-0.25, -0.2) is 0 Å². The second-order valence-electron chi connectivity index (χ2n) is 5.44. The first-order valence-electron chi connectivity index (χ1n) is 7.59. The van der Waals surface area contributed by atoms with Crippen molar-refractivity contribution in [1.29, 1.82) is 0 Å². The van der Waals surface area contributed by atoms with Crippen molar-refractivity contribution in [3.05, 3.63) is 28.4 Å². The smallest absolute Gasteiger partial charge is 0.297 e. The van der Waals surface area contributed by atoms with E-state index >= 15 is 0 Å². The van der Waals surface area contributed by atoms with Crippen molar-refractivity contribution in [1.82, 2.24) is 0 Å². The Morgan fingerprint density at radius 2 is 1.52 bits per heavy atom. The first kappa shape index (κ1) is 18.1. The van der Waals surface area contributed by atoms with Gasteiger partial charge in [-0.15, -0.1) is 0 Å². The summed E-state index contributed by atoms with van der Waals surface area (Å²) in [6.07, 6.45) is 0. The first-order valence-corrected chi connectivity index (χ1v) is 7.59. The summed E-state index contributed by atoms with van der Waals surface area (Å²) in [4.78, 5) is 13.2. The Bertz CT molecular complexity index is 1100. The van der Waals surface area contributed by atoms with E-state index < -0.39 is 28.1 Å². The molecular formula is C18H16O9. The number of phenolic OH excluding ortho intramolecular Hbond substituents is 4. The number of benzene rings is 2. The molecule has 3 rings (SSSR count). The van der Waals surface area contributed by atoms with Gasteiger partial charge in [0.15, 0.2) is 22.8 Å². The topological polar surface area (TPSA) is 139 Å². The molecule has 27 heavy (non-hydrogen) atoms. The van der Waals surface area contributed by atoms with Gasteiger partial charge >= 0.3 is 0 Å². The average molecular weight is 376 g/mol. The summed E-state index contributed by atoms with van der Waals surface area (Å²) in [6.45, 7) is 0. The van der Waals surface area contributed by atoms with Crippen LogP contribution in [0, 0.1) is 0 Å². The van der Waals surface area contributed by atoms with Crippen LogP contribution >= 0.6 is 0 Å². The second kappa shape index (κ2) is 6.52. The number of rotatable bonds is 4. The molecule has 9 nitrogen and oxygen atoms in total. The van der Waals surface area contributed by atoms with Gasteiger partial charge in [-0.3, -0.25) is 4.79 Å². The Labute approximate surface area is 152 Å². The molecule has 0 aliphatic rings. The van der Waals surface area contributed by atoms with Gasteiger partial charge in [0, 0.05) is 5.56 Å². The molecule has 0 radical (unpaired) electrons. The number of hydrogen-bond donors (Lipinski definition) is 4. The van der Waals surface area contributed by atoms with E-state index in [0.29, 0.717) is 0 Å². The van der Waals surface area contributed by atoms with E-state index in [0.717, 1.165) is 0 Å². The standard InChI is InChI=1S/C18H16O9/c1-24-15-7(5-4-6-8(15)19)9-11(20)10-12(21)13(22)14(23)17(25-2)16(10)27-18(9)26-3/h4-6,19,21-23H,1-3H3. The first-order chi connectivity index (χ1) is 12.9. The molecule has 0 bridgehead atoms. The maximum absolute atomic E-state index is 13.2. The van der Waals surface area contributed by atoms with E-state index in [1.165, 1.54) is 39.5 Å². The number of fused-ring (bicyclic) bond motifs is 1. The van der Waals surface area contributed by atoms with Crippen molar-refractivity contribution in [2.45, 2.75) is 0 Å². The van der Waals surface area contributed by atoms with Gasteiger partial charge in [-0.2, -0.15) is 0 Å². The highest BCUT2D eigenvalue weighted by molar-refractivity contribution is 5.97. The van der Waals surface area contributed by atoms with Crippen LogP contribution in [-0.2, 0) is 0 Å². The fraction of sp³-hybridized carbons (Fsp3) is 0.167. The maximum atomic E-state index is 13.2. The average Bonchev–Trinajstić information content (AvgIpc) is 2.66. The highest BCUT2D eigenvalue weighted by Gasteiger charge is 2.29. The number of ether oxygens (including phenoxy) is 3. The molecule has 0 aliphatic heterocycles. The lowest BCUT2D eigenvalue weighted by molar-refractivity contribution is 0.300. The van der Waals surface area contributed by atoms with Crippen molar-refractivity contribution in [3.63, 3.8) is 0 Å². The zero-order chi connectivity index (χ0) is 19.9. The third kappa shape index (κ3) is 2.51. The summed E-state index contributed by atoms with van der Waals surface area (Å²) < 4.78 is 20.8. The van der Waals surface area contributed by atoms with Crippen molar-refractivity contribution in [2.75, 3.05) is 21.3 Å². The Kier molecular flexibility index (Phi) is 4.36. The van der Waals surface area contributed by atoms with Crippen molar-refractivity contribution >= 4 is 11.0 Å². The highest BCUT2D eigenvalue weighted by atomic mass is 16.6. The quantitative estimate of drug-likeness (QED) is 0.505. The van der Waals surface area contributed by atoms with Crippen molar-refractivity contribution in [2.24, 2.45) is 0 Å². The number of phenols is 4. The Balaban J connectivity index is 2.56. The van der Waals surface area contributed by atoms with Gasteiger partial charge in [0.25, 0.3) is 5.95 Å². The lowest BCUT2D eigenvalue weighted by Gasteiger charge is -2.15. The molecule has 142 valence electrons. The molecule has 9 heteroatoms. The van der Waals surface area contributed by atoms with E-state index in [-0.39, 0.29) is 39.9 Å². The predicted octanol–water partition coefficient (Wildman–Crippen LogP) is 2.31. The van der Waals surface area contributed by atoms with Crippen molar-refractivity contribution in [3.8, 4) is 51.6 Å². The Morgan fingerprint density at radius 1 is 0.852 bits per heavy atom. The van der Waals surface area contributed by atoms with Crippen LogP contribution < -0.4 is 19.6 Å². The van der Waals surface area contributed by atoms with E-state index in [1.54, 1.807) is 0 Å². The van der Waals surface area contributed by atoms with Crippen LogP contribution in [0.1, 0.15) is 0 Å². The van der Waals surface area contributed by atoms with E-state index in [9.17, 15) is 25.2 Å². The minimum Gasteiger partial charge on any atom is -0.504 e. The summed E-state index contributed by atoms with van der Waals surface area (Å²) in [7, 11) is 3.73. The molecule has 4 N–H and O–H groups in total. The summed E-state index contributed by atoms with van der Waals surface area (Å²) in [5.41, 5.74) is -1.16. The summed E-state index contributed by atoms with van der Waals surface area (Å²) in [6, 6.07) is 4.32. The van der Waals surface area contributed by atoms with Crippen LogP contribution in [0.25, 0.3) is 22.1 Å². The number of hydrogen-bond acceptors (Lipinski definition) is 9. The molecule has 0 atom stereocenters. The fourth-order valence-electron chi connectivity index (χ4n) is 2.84. The van der Waals surface area contributed by atoms with E-state index in [2.05, 4.69) is 0 Å². The van der Waals surface area contributed by atoms with Crippen LogP contribution in [0.4, 0.5) is 0 Å². The molecule has 1 heterocycles. The monoisotopic (exact) mass is 376 g/mol. The van der Waals surface area contributed by atoms with E-state index in [4.69, 9.17) is 18.6 Å².